The minimum atomic E-state index is 0.813. The van der Waals surface area contributed by atoms with E-state index in [4.69, 9.17) is 6.42 Å². The van der Waals surface area contributed by atoms with Crippen molar-refractivity contribution in [3.63, 3.8) is 0 Å². The molecule has 1 heterocycles. The van der Waals surface area contributed by atoms with Crippen molar-refractivity contribution in [3.8, 4) is 12.3 Å². The first-order valence-corrected chi connectivity index (χ1v) is 4.79. The minimum Gasteiger partial charge on any atom is -0.351 e. The third-order valence-corrected chi connectivity index (χ3v) is 2.56. The number of hydrogen-bond acceptors (Lipinski definition) is 0. The largest absolute Gasteiger partial charge is 0.351 e. The molecule has 1 aromatic heterocycles. The topological polar surface area (TPSA) is 4.93 Å². The van der Waals surface area contributed by atoms with Gasteiger partial charge in [0.25, 0.3) is 0 Å². The Kier molecular flexibility index (Phi) is 2.28. The fourth-order valence-corrected chi connectivity index (χ4v) is 1.79. The second kappa shape index (κ2) is 3.59. The predicted octanol–water partition coefficient (Wildman–Crippen LogP) is 2.74. The average molecular weight is 183 g/mol. The second-order valence-corrected chi connectivity index (χ2v) is 3.48. The van der Waals surface area contributed by atoms with Gasteiger partial charge in [0.05, 0.1) is 0 Å². The fraction of sp³-hybridized carbons (Fsp3) is 0.231. The SMILES string of the molecule is C#CCCc1cccc2c1ccn2C. The van der Waals surface area contributed by atoms with Gasteiger partial charge in [-0.2, -0.15) is 0 Å². The Morgan fingerprint density at radius 1 is 1.36 bits per heavy atom. The number of aromatic nitrogens is 1. The summed E-state index contributed by atoms with van der Waals surface area (Å²) < 4.78 is 2.13. The number of fused-ring (bicyclic) bond motifs is 1. The molecule has 1 nitrogen and oxygen atoms in total. The molecule has 1 heteroatoms. The predicted molar refractivity (Wildman–Crippen MR) is 60.1 cm³/mol. The van der Waals surface area contributed by atoms with Gasteiger partial charge < -0.3 is 4.57 Å². The zero-order valence-electron chi connectivity index (χ0n) is 8.33. The lowest BCUT2D eigenvalue weighted by atomic mass is 10.1. The van der Waals surface area contributed by atoms with E-state index < -0.39 is 0 Å². The summed E-state index contributed by atoms with van der Waals surface area (Å²) in [5.74, 6) is 2.68. The molecule has 0 bridgehead atoms. The van der Waals surface area contributed by atoms with Crippen molar-refractivity contribution in [2.75, 3.05) is 0 Å². The van der Waals surface area contributed by atoms with Crippen molar-refractivity contribution in [1.82, 2.24) is 4.57 Å². The van der Waals surface area contributed by atoms with Crippen molar-refractivity contribution < 1.29 is 0 Å². The van der Waals surface area contributed by atoms with Crippen LogP contribution in [0.3, 0.4) is 0 Å². The molecule has 2 aromatic rings. The Morgan fingerprint density at radius 2 is 2.21 bits per heavy atom. The first-order chi connectivity index (χ1) is 6.83. The van der Waals surface area contributed by atoms with Gasteiger partial charge >= 0.3 is 0 Å². The Morgan fingerprint density at radius 3 is 3.00 bits per heavy atom. The van der Waals surface area contributed by atoms with Gasteiger partial charge in [0.15, 0.2) is 0 Å². The highest BCUT2D eigenvalue weighted by Crippen LogP contribution is 2.20. The van der Waals surface area contributed by atoms with Crippen LogP contribution in [-0.2, 0) is 13.5 Å². The summed E-state index contributed by atoms with van der Waals surface area (Å²) in [7, 11) is 2.06. The van der Waals surface area contributed by atoms with Crippen LogP contribution in [0.15, 0.2) is 30.5 Å². The second-order valence-electron chi connectivity index (χ2n) is 3.48. The summed E-state index contributed by atoms with van der Waals surface area (Å²) in [6.45, 7) is 0. The summed E-state index contributed by atoms with van der Waals surface area (Å²) in [6.07, 6.45) is 9.14. The van der Waals surface area contributed by atoms with E-state index in [1.54, 1.807) is 0 Å². The van der Waals surface area contributed by atoms with E-state index in [1.807, 2.05) is 0 Å². The number of hydrogen-bond donors (Lipinski definition) is 0. The maximum absolute atomic E-state index is 5.27. The summed E-state index contributed by atoms with van der Waals surface area (Å²) in [6, 6.07) is 8.53. The molecule has 1 aromatic carbocycles. The van der Waals surface area contributed by atoms with Crippen LogP contribution in [0, 0.1) is 12.3 Å². The molecule has 0 atom stereocenters. The molecule has 0 saturated heterocycles. The maximum atomic E-state index is 5.27. The van der Waals surface area contributed by atoms with Gasteiger partial charge in [0.2, 0.25) is 0 Å². The average Bonchev–Trinajstić information content (AvgIpc) is 2.58. The lowest BCUT2D eigenvalue weighted by Crippen LogP contribution is -1.87. The van der Waals surface area contributed by atoms with E-state index >= 15 is 0 Å². The number of terminal acetylenes is 1. The first-order valence-electron chi connectivity index (χ1n) is 4.79. The van der Waals surface area contributed by atoms with Crippen LogP contribution < -0.4 is 0 Å². The number of rotatable bonds is 2. The molecule has 0 aliphatic heterocycles. The van der Waals surface area contributed by atoms with E-state index in [2.05, 4.69) is 48.0 Å². The van der Waals surface area contributed by atoms with Crippen LogP contribution in [-0.4, -0.2) is 4.57 Å². The molecular weight excluding hydrogens is 170 g/mol. The molecule has 0 aliphatic rings. The van der Waals surface area contributed by atoms with Gasteiger partial charge in [-0.05, 0) is 24.1 Å². The number of benzene rings is 1. The molecule has 70 valence electrons. The molecule has 0 N–H and O–H groups in total. The van der Waals surface area contributed by atoms with Crippen LogP contribution in [0.25, 0.3) is 10.9 Å². The fourth-order valence-electron chi connectivity index (χ4n) is 1.79. The minimum absolute atomic E-state index is 0.813. The third kappa shape index (κ3) is 1.40. The van der Waals surface area contributed by atoms with Gasteiger partial charge in [-0.1, -0.05) is 12.1 Å². The molecule has 0 saturated carbocycles. The Bertz CT molecular complexity index is 485. The van der Waals surface area contributed by atoms with E-state index in [-0.39, 0.29) is 0 Å². The zero-order valence-corrected chi connectivity index (χ0v) is 8.33. The van der Waals surface area contributed by atoms with Gasteiger partial charge in [-0.25, -0.2) is 0 Å². The normalized spacial score (nSPS) is 10.3. The summed E-state index contributed by atoms with van der Waals surface area (Å²) in [5.41, 5.74) is 2.63. The van der Waals surface area contributed by atoms with Crippen molar-refractivity contribution in [2.45, 2.75) is 12.8 Å². The highest BCUT2D eigenvalue weighted by Gasteiger charge is 2.02. The molecule has 0 spiro atoms. The van der Waals surface area contributed by atoms with E-state index in [1.165, 1.54) is 16.5 Å². The molecule has 0 fully saturated rings. The van der Waals surface area contributed by atoms with Gasteiger partial charge in [-0.15, -0.1) is 12.3 Å². The van der Waals surface area contributed by atoms with Crippen molar-refractivity contribution >= 4 is 10.9 Å². The maximum Gasteiger partial charge on any atom is 0.0480 e. The van der Waals surface area contributed by atoms with Crippen molar-refractivity contribution in [1.29, 1.82) is 0 Å². The van der Waals surface area contributed by atoms with Gasteiger partial charge in [-0.3, -0.25) is 0 Å². The molecule has 0 unspecified atom stereocenters. The molecule has 0 amide bonds. The highest BCUT2D eigenvalue weighted by molar-refractivity contribution is 5.83. The smallest absolute Gasteiger partial charge is 0.0480 e. The van der Waals surface area contributed by atoms with E-state index in [0.717, 1.165) is 12.8 Å². The van der Waals surface area contributed by atoms with E-state index in [9.17, 15) is 0 Å². The lowest BCUT2D eigenvalue weighted by molar-refractivity contribution is 0.968. The highest BCUT2D eigenvalue weighted by atomic mass is 14.9. The summed E-state index contributed by atoms with van der Waals surface area (Å²) in [4.78, 5) is 0. The van der Waals surface area contributed by atoms with Crippen LogP contribution in [0.1, 0.15) is 12.0 Å². The lowest BCUT2D eigenvalue weighted by Gasteiger charge is -2.01. The number of aryl methyl sites for hydroxylation is 2. The molecule has 14 heavy (non-hydrogen) atoms. The Labute approximate surface area is 84.4 Å². The first kappa shape index (κ1) is 8.90. The van der Waals surface area contributed by atoms with Crippen LogP contribution in [0.5, 0.6) is 0 Å². The molecular formula is C13H13N. The summed E-state index contributed by atoms with van der Waals surface area (Å²) >= 11 is 0. The molecule has 2 rings (SSSR count). The quantitative estimate of drug-likeness (QED) is 0.631. The van der Waals surface area contributed by atoms with E-state index in [0.29, 0.717) is 0 Å². The van der Waals surface area contributed by atoms with Crippen molar-refractivity contribution in [3.05, 3.63) is 36.0 Å². The van der Waals surface area contributed by atoms with Crippen LogP contribution in [0.2, 0.25) is 0 Å². The van der Waals surface area contributed by atoms with Crippen molar-refractivity contribution in [2.24, 2.45) is 7.05 Å². The van der Waals surface area contributed by atoms with Crippen LogP contribution >= 0.6 is 0 Å². The standard InChI is InChI=1S/C13H13N/c1-3-4-6-11-7-5-8-13-12(11)9-10-14(13)2/h1,5,7-10H,4,6H2,2H3. The Hall–Kier alpha value is -1.68. The van der Waals surface area contributed by atoms with Gasteiger partial charge in [0.1, 0.15) is 0 Å². The summed E-state index contributed by atoms with van der Waals surface area (Å²) in [5, 5.41) is 1.32. The Balaban J connectivity index is 2.50. The molecule has 0 radical (unpaired) electrons. The molecule has 0 aliphatic carbocycles. The number of nitrogens with zero attached hydrogens (tertiary/aromatic N) is 1. The monoisotopic (exact) mass is 183 g/mol. The van der Waals surface area contributed by atoms with Gasteiger partial charge in [0, 0.05) is 30.6 Å². The van der Waals surface area contributed by atoms with Crippen LogP contribution in [0.4, 0.5) is 0 Å². The zero-order chi connectivity index (χ0) is 9.97. The third-order valence-electron chi connectivity index (χ3n) is 2.56.